The minimum atomic E-state index is -0.263. The molecule has 158 valence electrons. The summed E-state index contributed by atoms with van der Waals surface area (Å²) in [5, 5.41) is 2.89. The van der Waals surface area contributed by atoms with Crippen molar-refractivity contribution in [3.05, 3.63) is 83.9 Å². The lowest BCUT2D eigenvalue weighted by Crippen LogP contribution is -2.35. The molecule has 0 spiro atoms. The second-order valence-corrected chi connectivity index (χ2v) is 7.02. The van der Waals surface area contributed by atoms with Gasteiger partial charge in [0.25, 0.3) is 5.91 Å². The molecule has 0 saturated carbocycles. The fourth-order valence-electron chi connectivity index (χ4n) is 3.20. The van der Waals surface area contributed by atoms with Gasteiger partial charge in [0.05, 0.1) is 6.20 Å². The Balaban J connectivity index is 1.36. The van der Waals surface area contributed by atoms with Crippen LogP contribution < -0.4 is 14.8 Å². The Hall–Kier alpha value is -3.94. The van der Waals surface area contributed by atoms with Crippen molar-refractivity contribution >= 4 is 11.8 Å². The molecule has 1 aliphatic heterocycles. The van der Waals surface area contributed by atoms with Crippen molar-refractivity contribution in [2.75, 3.05) is 13.3 Å². The van der Waals surface area contributed by atoms with Gasteiger partial charge in [0.2, 0.25) is 12.7 Å². The molecule has 0 aliphatic carbocycles. The second kappa shape index (κ2) is 9.71. The minimum absolute atomic E-state index is 0.150. The second-order valence-electron chi connectivity index (χ2n) is 7.02. The maximum atomic E-state index is 12.9. The monoisotopic (exact) mass is 418 g/mol. The van der Waals surface area contributed by atoms with E-state index in [0.717, 1.165) is 11.1 Å². The van der Waals surface area contributed by atoms with E-state index >= 15 is 0 Å². The predicted octanol–water partition coefficient (Wildman–Crippen LogP) is 2.55. The first kappa shape index (κ1) is 20.3. The minimum Gasteiger partial charge on any atom is -0.454 e. The lowest BCUT2D eigenvalue weighted by atomic mass is 10.2. The molecule has 0 saturated heterocycles. The summed E-state index contributed by atoms with van der Waals surface area (Å²) in [7, 11) is 0. The molecule has 2 heterocycles. The number of carbonyl (C=O) groups is 2. The van der Waals surface area contributed by atoms with E-state index in [1.807, 2.05) is 48.5 Å². The average Bonchev–Trinajstić information content (AvgIpc) is 3.29. The van der Waals surface area contributed by atoms with Crippen LogP contribution in [0.4, 0.5) is 0 Å². The zero-order valence-corrected chi connectivity index (χ0v) is 16.9. The lowest BCUT2D eigenvalue weighted by molar-refractivity contribution is -0.121. The Morgan fingerprint density at radius 3 is 2.65 bits per heavy atom. The molecular weight excluding hydrogens is 396 g/mol. The van der Waals surface area contributed by atoms with Gasteiger partial charge >= 0.3 is 0 Å². The van der Waals surface area contributed by atoms with Crippen LogP contribution in [0, 0.1) is 0 Å². The molecule has 0 fully saturated rings. The zero-order chi connectivity index (χ0) is 21.5. The SMILES string of the molecule is O=C(CCN(Cc1ccccc1)C(=O)c1cnccn1)NCc1ccc2c(c1)OCO2. The van der Waals surface area contributed by atoms with Crippen LogP contribution in [-0.4, -0.2) is 40.0 Å². The van der Waals surface area contributed by atoms with Crippen molar-refractivity contribution in [3.8, 4) is 11.5 Å². The van der Waals surface area contributed by atoms with E-state index in [0.29, 0.717) is 24.6 Å². The highest BCUT2D eigenvalue weighted by molar-refractivity contribution is 5.92. The number of nitrogens with zero attached hydrogens (tertiary/aromatic N) is 3. The molecule has 1 aliphatic rings. The highest BCUT2D eigenvalue weighted by atomic mass is 16.7. The Kier molecular flexibility index (Phi) is 6.37. The number of hydrogen-bond acceptors (Lipinski definition) is 6. The van der Waals surface area contributed by atoms with Gasteiger partial charge in [-0.2, -0.15) is 0 Å². The Bertz CT molecular complexity index is 1040. The van der Waals surface area contributed by atoms with Crippen molar-refractivity contribution in [1.82, 2.24) is 20.2 Å². The van der Waals surface area contributed by atoms with Gasteiger partial charge in [-0.1, -0.05) is 36.4 Å². The van der Waals surface area contributed by atoms with E-state index in [-0.39, 0.29) is 37.3 Å². The maximum absolute atomic E-state index is 12.9. The molecule has 8 heteroatoms. The van der Waals surface area contributed by atoms with Gasteiger partial charge in [0, 0.05) is 38.4 Å². The number of carbonyl (C=O) groups excluding carboxylic acids is 2. The number of nitrogens with one attached hydrogen (secondary N) is 1. The quantitative estimate of drug-likeness (QED) is 0.604. The molecule has 0 bridgehead atoms. The molecule has 8 nitrogen and oxygen atoms in total. The van der Waals surface area contributed by atoms with Gasteiger partial charge in [-0.15, -0.1) is 0 Å². The molecular formula is C23H22N4O4. The number of amides is 2. The molecule has 1 aromatic heterocycles. The Labute approximate surface area is 179 Å². The third-order valence-electron chi connectivity index (χ3n) is 4.82. The first-order valence-electron chi connectivity index (χ1n) is 9.93. The summed E-state index contributed by atoms with van der Waals surface area (Å²) in [5.41, 5.74) is 2.13. The summed E-state index contributed by atoms with van der Waals surface area (Å²) < 4.78 is 10.7. The van der Waals surface area contributed by atoms with Crippen LogP contribution in [0.1, 0.15) is 28.0 Å². The molecule has 2 aromatic carbocycles. The molecule has 1 N–H and O–H groups in total. The van der Waals surface area contributed by atoms with Gasteiger partial charge < -0.3 is 19.7 Å². The first-order valence-corrected chi connectivity index (χ1v) is 9.93. The summed E-state index contributed by atoms with van der Waals surface area (Å²) >= 11 is 0. The first-order chi connectivity index (χ1) is 15.2. The molecule has 4 rings (SSSR count). The standard InChI is InChI=1S/C23H22N4O4/c28-22(26-13-18-6-7-20-21(12-18)31-16-30-20)8-11-27(15-17-4-2-1-3-5-17)23(29)19-14-24-9-10-25-19/h1-7,9-10,12,14H,8,11,13,15-16H2,(H,26,28). The van der Waals surface area contributed by atoms with Crippen LogP contribution in [0.3, 0.4) is 0 Å². The summed E-state index contributed by atoms with van der Waals surface area (Å²) in [6.07, 6.45) is 4.59. The number of hydrogen-bond donors (Lipinski definition) is 1. The molecule has 3 aromatic rings. The molecule has 0 atom stereocenters. The predicted molar refractivity (Wildman–Crippen MR) is 112 cm³/mol. The van der Waals surface area contributed by atoms with Crippen LogP contribution in [0.25, 0.3) is 0 Å². The largest absolute Gasteiger partial charge is 0.454 e. The number of benzene rings is 2. The third kappa shape index (κ3) is 5.36. The number of aromatic nitrogens is 2. The maximum Gasteiger partial charge on any atom is 0.274 e. The lowest BCUT2D eigenvalue weighted by Gasteiger charge is -2.22. The van der Waals surface area contributed by atoms with E-state index in [1.165, 1.54) is 18.6 Å². The summed E-state index contributed by atoms with van der Waals surface area (Å²) in [6, 6.07) is 15.2. The van der Waals surface area contributed by atoms with Crippen LogP contribution in [0.5, 0.6) is 11.5 Å². The van der Waals surface area contributed by atoms with Gasteiger partial charge in [-0.25, -0.2) is 4.98 Å². The summed E-state index contributed by atoms with van der Waals surface area (Å²) in [6.45, 7) is 1.22. The van der Waals surface area contributed by atoms with E-state index in [4.69, 9.17) is 9.47 Å². The Morgan fingerprint density at radius 1 is 1.00 bits per heavy atom. The molecule has 0 unspecified atom stereocenters. The van der Waals surface area contributed by atoms with Gasteiger partial charge in [0.1, 0.15) is 5.69 Å². The van der Waals surface area contributed by atoms with Crippen molar-refractivity contribution < 1.29 is 19.1 Å². The van der Waals surface area contributed by atoms with Crippen molar-refractivity contribution in [1.29, 1.82) is 0 Å². The highest BCUT2D eigenvalue weighted by Gasteiger charge is 2.19. The zero-order valence-electron chi connectivity index (χ0n) is 16.9. The third-order valence-corrected chi connectivity index (χ3v) is 4.82. The van der Waals surface area contributed by atoms with E-state index < -0.39 is 0 Å². The molecule has 0 radical (unpaired) electrons. The number of fused-ring (bicyclic) bond motifs is 1. The van der Waals surface area contributed by atoms with Gasteiger partial charge in [-0.05, 0) is 23.3 Å². The average molecular weight is 418 g/mol. The van der Waals surface area contributed by atoms with Crippen LogP contribution in [0.15, 0.2) is 67.1 Å². The highest BCUT2D eigenvalue weighted by Crippen LogP contribution is 2.32. The van der Waals surface area contributed by atoms with E-state index in [9.17, 15) is 9.59 Å². The van der Waals surface area contributed by atoms with Gasteiger partial charge in [-0.3, -0.25) is 14.6 Å². The smallest absolute Gasteiger partial charge is 0.274 e. The van der Waals surface area contributed by atoms with E-state index in [2.05, 4.69) is 15.3 Å². The van der Waals surface area contributed by atoms with Crippen LogP contribution in [0.2, 0.25) is 0 Å². The molecule has 31 heavy (non-hydrogen) atoms. The topological polar surface area (TPSA) is 93.7 Å². The summed E-state index contributed by atoms with van der Waals surface area (Å²) in [5.74, 6) is 0.965. The fraction of sp³-hybridized carbons (Fsp3) is 0.217. The number of ether oxygens (including phenoxy) is 2. The Morgan fingerprint density at radius 2 is 1.84 bits per heavy atom. The molecule has 2 amide bonds. The van der Waals surface area contributed by atoms with Crippen molar-refractivity contribution in [2.45, 2.75) is 19.5 Å². The summed E-state index contributed by atoms with van der Waals surface area (Å²) in [4.78, 5) is 35.0. The van der Waals surface area contributed by atoms with Gasteiger partial charge in [0.15, 0.2) is 11.5 Å². The van der Waals surface area contributed by atoms with Crippen LogP contribution >= 0.6 is 0 Å². The van der Waals surface area contributed by atoms with Crippen molar-refractivity contribution in [2.24, 2.45) is 0 Å². The number of rotatable bonds is 8. The fourth-order valence-corrected chi connectivity index (χ4v) is 3.20. The normalized spacial score (nSPS) is 11.7. The van der Waals surface area contributed by atoms with Crippen LogP contribution in [-0.2, 0) is 17.9 Å². The van der Waals surface area contributed by atoms with E-state index in [1.54, 1.807) is 4.90 Å². The van der Waals surface area contributed by atoms with Crippen molar-refractivity contribution in [3.63, 3.8) is 0 Å².